The van der Waals surface area contributed by atoms with Crippen molar-refractivity contribution in [2.24, 2.45) is 10.9 Å². The molecule has 13 heteroatoms. The zero-order valence-electron chi connectivity index (χ0n) is 19.6. The SMILES string of the molecule is O=C1NC(=NC2CCCC(F)(F)C2)C(=CC2CCN(Cc3ccc(C(F)(F)F)cc3C(F)(F)F)CC2)S1. The molecule has 2 heterocycles. The van der Waals surface area contributed by atoms with Gasteiger partial charge in [-0.05, 0) is 74.1 Å². The third-order valence-electron chi connectivity index (χ3n) is 6.74. The topological polar surface area (TPSA) is 44.7 Å². The first-order valence-electron chi connectivity index (χ1n) is 11.9. The number of benzene rings is 1. The van der Waals surface area contributed by atoms with E-state index < -0.39 is 35.4 Å². The molecule has 0 spiro atoms. The Kier molecular flexibility index (Phi) is 7.95. The standard InChI is InChI=1S/C24H25F8N3OS/c25-22(26)7-1-2-17(12-22)33-20-19(37-21(36)34-20)10-14-5-8-35(9-6-14)13-15-3-4-16(23(27,28)29)11-18(15)24(30,31)32/h3-4,10-11,14,17H,1-2,5-9,12-13H2,(H,33,34,36). The van der Waals surface area contributed by atoms with Crippen LogP contribution >= 0.6 is 11.8 Å². The van der Waals surface area contributed by atoms with Crippen LogP contribution in [0, 0.1) is 5.92 Å². The van der Waals surface area contributed by atoms with E-state index in [-0.39, 0.29) is 48.0 Å². The van der Waals surface area contributed by atoms with Crippen LogP contribution in [0.3, 0.4) is 0 Å². The van der Waals surface area contributed by atoms with Gasteiger partial charge in [-0.1, -0.05) is 12.1 Å². The molecule has 4 rings (SSSR count). The van der Waals surface area contributed by atoms with E-state index >= 15 is 0 Å². The summed E-state index contributed by atoms with van der Waals surface area (Å²) in [6, 6.07) is 1.10. The second-order valence-corrected chi connectivity index (χ2v) is 10.6. The molecule has 1 unspecified atom stereocenters. The first kappa shape index (κ1) is 27.9. The van der Waals surface area contributed by atoms with Crippen molar-refractivity contribution in [3.05, 3.63) is 45.9 Å². The summed E-state index contributed by atoms with van der Waals surface area (Å²) >= 11 is 0.929. The fourth-order valence-electron chi connectivity index (χ4n) is 4.87. The summed E-state index contributed by atoms with van der Waals surface area (Å²) in [6.07, 6.45) is -6.53. The first-order valence-corrected chi connectivity index (χ1v) is 12.7. The number of allylic oxidation sites excluding steroid dienone is 1. The zero-order valence-corrected chi connectivity index (χ0v) is 20.4. The summed E-state index contributed by atoms with van der Waals surface area (Å²) in [5.74, 6) is -2.52. The van der Waals surface area contributed by atoms with E-state index in [2.05, 4.69) is 10.3 Å². The van der Waals surface area contributed by atoms with Crippen molar-refractivity contribution in [2.45, 2.75) is 69.4 Å². The number of nitrogens with one attached hydrogen (secondary N) is 1. The molecule has 1 N–H and O–H groups in total. The summed E-state index contributed by atoms with van der Waals surface area (Å²) in [5.41, 5.74) is -2.87. The summed E-state index contributed by atoms with van der Waals surface area (Å²) in [4.78, 5) is 18.6. The van der Waals surface area contributed by atoms with Crippen LogP contribution < -0.4 is 5.32 Å². The lowest BCUT2D eigenvalue weighted by Crippen LogP contribution is -2.33. The van der Waals surface area contributed by atoms with Crippen molar-refractivity contribution in [1.82, 2.24) is 10.2 Å². The van der Waals surface area contributed by atoms with Crippen molar-refractivity contribution >= 4 is 22.8 Å². The molecule has 2 saturated heterocycles. The minimum Gasteiger partial charge on any atom is -0.300 e. The quantitative estimate of drug-likeness (QED) is 0.398. The summed E-state index contributed by atoms with van der Waals surface area (Å²) in [6.45, 7) is 0.661. The lowest BCUT2D eigenvalue weighted by molar-refractivity contribution is -0.143. The Labute approximate surface area is 212 Å². The molecule has 1 aromatic rings. The van der Waals surface area contributed by atoms with Crippen LogP contribution in [-0.2, 0) is 18.9 Å². The Bertz CT molecular complexity index is 1070. The average Bonchev–Trinajstić information content (AvgIpc) is 3.11. The number of thioether (sulfide) groups is 1. The molecule has 0 radical (unpaired) electrons. The van der Waals surface area contributed by atoms with Gasteiger partial charge in [-0.15, -0.1) is 0 Å². The van der Waals surface area contributed by atoms with Gasteiger partial charge in [-0.2, -0.15) is 26.3 Å². The summed E-state index contributed by atoms with van der Waals surface area (Å²) < 4.78 is 107. The number of nitrogens with zero attached hydrogens (tertiary/aromatic N) is 2. The molecule has 1 aliphatic carbocycles. The Hall–Kier alpha value is -2.15. The average molecular weight is 556 g/mol. The Morgan fingerprint density at radius 2 is 1.78 bits per heavy atom. The van der Waals surface area contributed by atoms with Gasteiger partial charge in [0.05, 0.1) is 22.1 Å². The fraction of sp³-hybridized carbons (Fsp3) is 0.583. The molecular weight excluding hydrogens is 530 g/mol. The predicted molar refractivity (Wildman–Crippen MR) is 123 cm³/mol. The van der Waals surface area contributed by atoms with Crippen LogP contribution in [0.15, 0.2) is 34.2 Å². The molecule has 3 fully saturated rings. The lowest BCUT2D eigenvalue weighted by Gasteiger charge is -2.31. The monoisotopic (exact) mass is 555 g/mol. The number of carbonyl (C=O) groups excluding carboxylic acids is 1. The number of hydrogen-bond acceptors (Lipinski definition) is 4. The molecule has 1 saturated carbocycles. The molecule has 204 valence electrons. The van der Waals surface area contributed by atoms with E-state index in [0.29, 0.717) is 49.7 Å². The van der Waals surface area contributed by atoms with E-state index in [9.17, 15) is 39.9 Å². The number of amidine groups is 1. The summed E-state index contributed by atoms with van der Waals surface area (Å²) in [5, 5.41) is 2.25. The number of halogens is 8. The van der Waals surface area contributed by atoms with E-state index in [1.165, 1.54) is 0 Å². The second-order valence-electron chi connectivity index (χ2n) is 9.61. The molecule has 3 aliphatic rings. The van der Waals surface area contributed by atoms with Crippen LogP contribution in [0.1, 0.15) is 55.2 Å². The summed E-state index contributed by atoms with van der Waals surface area (Å²) in [7, 11) is 0. The third kappa shape index (κ3) is 7.24. The van der Waals surface area contributed by atoms with Gasteiger partial charge in [-0.3, -0.25) is 14.7 Å². The number of piperidine rings is 1. The van der Waals surface area contributed by atoms with Gasteiger partial charge >= 0.3 is 12.4 Å². The fourth-order valence-corrected chi connectivity index (χ4v) is 5.67. The van der Waals surface area contributed by atoms with Gasteiger partial charge < -0.3 is 5.32 Å². The lowest BCUT2D eigenvalue weighted by atomic mass is 9.92. The molecule has 4 nitrogen and oxygen atoms in total. The first-order chi connectivity index (χ1) is 17.2. The number of carbonyl (C=O) groups is 1. The molecule has 37 heavy (non-hydrogen) atoms. The van der Waals surface area contributed by atoms with E-state index in [4.69, 9.17) is 0 Å². The van der Waals surface area contributed by atoms with Crippen LogP contribution in [-0.4, -0.2) is 41.0 Å². The van der Waals surface area contributed by atoms with Gasteiger partial charge in [0.1, 0.15) is 5.84 Å². The number of rotatable bonds is 4. The Morgan fingerprint density at radius 1 is 1.08 bits per heavy atom. The van der Waals surface area contributed by atoms with Crippen molar-refractivity contribution in [3.8, 4) is 0 Å². The smallest absolute Gasteiger partial charge is 0.300 e. The minimum atomic E-state index is -4.92. The maximum absolute atomic E-state index is 13.7. The molecule has 2 aliphatic heterocycles. The van der Waals surface area contributed by atoms with E-state index in [1.807, 2.05) is 6.08 Å². The number of amides is 1. The Balaban J connectivity index is 1.41. The molecular formula is C24H25F8N3OS. The minimum absolute atomic E-state index is 0.0147. The highest BCUT2D eigenvalue weighted by Gasteiger charge is 2.39. The molecule has 1 aromatic carbocycles. The van der Waals surface area contributed by atoms with Gasteiger partial charge in [-0.25, -0.2) is 8.78 Å². The number of aliphatic imine (C=N–C) groups is 1. The van der Waals surface area contributed by atoms with E-state index in [1.54, 1.807) is 4.90 Å². The number of likely N-dealkylation sites (tertiary alicyclic amines) is 1. The Morgan fingerprint density at radius 3 is 2.41 bits per heavy atom. The van der Waals surface area contributed by atoms with Gasteiger partial charge in [0.15, 0.2) is 0 Å². The normalized spacial score (nSPS) is 26.2. The van der Waals surface area contributed by atoms with Crippen molar-refractivity contribution in [1.29, 1.82) is 0 Å². The van der Waals surface area contributed by atoms with Crippen molar-refractivity contribution in [3.63, 3.8) is 0 Å². The predicted octanol–water partition coefficient (Wildman–Crippen LogP) is 7.25. The van der Waals surface area contributed by atoms with Gasteiger partial charge in [0.2, 0.25) is 5.92 Å². The molecule has 0 bridgehead atoms. The van der Waals surface area contributed by atoms with Gasteiger partial charge in [0.25, 0.3) is 5.24 Å². The molecule has 1 amide bonds. The van der Waals surface area contributed by atoms with Crippen molar-refractivity contribution in [2.75, 3.05) is 13.1 Å². The maximum atomic E-state index is 13.7. The van der Waals surface area contributed by atoms with Crippen LogP contribution in [0.2, 0.25) is 0 Å². The van der Waals surface area contributed by atoms with E-state index in [0.717, 1.165) is 17.8 Å². The highest BCUT2D eigenvalue weighted by molar-refractivity contribution is 8.18. The highest BCUT2D eigenvalue weighted by Crippen LogP contribution is 2.39. The molecule has 0 aromatic heterocycles. The van der Waals surface area contributed by atoms with Crippen molar-refractivity contribution < 1.29 is 39.9 Å². The highest BCUT2D eigenvalue weighted by atomic mass is 32.2. The molecule has 1 atom stereocenters. The van der Waals surface area contributed by atoms with Crippen LogP contribution in [0.25, 0.3) is 0 Å². The maximum Gasteiger partial charge on any atom is 0.416 e. The van der Waals surface area contributed by atoms with Crippen LogP contribution in [0.4, 0.5) is 39.9 Å². The second kappa shape index (κ2) is 10.5. The number of alkyl halides is 8. The third-order valence-corrected chi connectivity index (χ3v) is 7.57. The van der Waals surface area contributed by atoms with Gasteiger partial charge in [0, 0.05) is 19.4 Å². The van der Waals surface area contributed by atoms with Crippen LogP contribution in [0.5, 0.6) is 0 Å². The number of hydrogen-bond donors (Lipinski definition) is 1. The zero-order chi connectivity index (χ0) is 27.0. The largest absolute Gasteiger partial charge is 0.416 e.